The van der Waals surface area contributed by atoms with E-state index in [4.69, 9.17) is 16.3 Å². The Kier molecular flexibility index (Phi) is 5.56. The highest BCUT2D eigenvalue weighted by molar-refractivity contribution is 6.19. The number of carbonyl (C=O) groups is 1. The largest absolute Gasteiger partial charge is 0.489 e. The molecule has 0 amide bonds. The summed E-state index contributed by atoms with van der Waals surface area (Å²) in [6.45, 7) is 0.500. The van der Waals surface area contributed by atoms with E-state index in [0.29, 0.717) is 31.0 Å². The SMILES string of the molecule is O=C(CCCl)Cc1cc(OCc2ccccc2)ccn1. The van der Waals surface area contributed by atoms with Gasteiger partial charge in [-0.2, -0.15) is 0 Å². The smallest absolute Gasteiger partial charge is 0.140 e. The number of Topliss-reactive ketones (excluding diaryl/α,β-unsaturated/α-hetero) is 1. The number of ketones is 1. The molecule has 0 radical (unpaired) electrons. The van der Waals surface area contributed by atoms with Gasteiger partial charge < -0.3 is 4.74 Å². The van der Waals surface area contributed by atoms with Crippen molar-refractivity contribution in [3.8, 4) is 5.75 Å². The van der Waals surface area contributed by atoms with Gasteiger partial charge in [0.05, 0.1) is 5.69 Å². The Labute approximate surface area is 123 Å². The lowest BCUT2D eigenvalue weighted by Gasteiger charge is -2.07. The number of rotatable bonds is 7. The van der Waals surface area contributed by atoms with Crippen LogP contribution in [0.5, 0.6) is 5.75 Å². The number of benzene rings is 1. The number of hydrogen-bond acceptors (Lipinski definition) is 3. The minimum Gasteiger partial charge on any atom is -0.489 e. The van der Waals surface area contributed by atoms with Gasteiger partial charge in [0.2, 0.25) is 0 Å². The molecule has 0 aliphatic heterocycles. The molecule has 2 aromatic rings. The Hall–Kier alpha value is -1.87. The van der Waals surface area contributed by atoms with Gasteiger partial charge in [0.25, 0.3) is 0 Å². The summed E-state index contributed by atoms with van der Waals surface area (Å²) in [6.07, 6.45) is 2.33. The molecule has 104 valence electrons. The fourth-order valence-electron chi connectivity index (χ4n) is 1.78. The number of ether oxygens (including phenoxy) is 1. The number of nitrogens with zero attached hydrogens (tertiary/aromatic N) is 1. The minimum absolute atomic E-state index is 0.0905. The van der Waals surface area contributed by atoms with Crippen molar-refractivity contribution in [1.82, 2.24) is 4.98 Å². The number of pyridine rings is 1. The monoisotopic (exact) mass is 289 g/mol. The normalized spacial score (nSPS) is 10.2. The van der Waals surface area contributed by atoms with Crippen molar-refractivity contribution in [3.63, 3.8) is 0 Å². The zero-order valence-corrected chi connectivity index (χ0v) is 11.8. The van der Waals surface area contributed by atoms with Crippen LogP contribution in [0.1, 0.15) is 17.7 Å². The summed E-state index contributed by atoms with van der Waals surface area (Å²) in [6, 6.07) is 13.5. The highest BCUT2D eigenvalue weighted by Gasteiger charge is 2.05. The zero-order valence-electron chi connectivity index (χ0n) is 11.1. The molecule has 0 spiro atoms. The highest BCUT2D eigenvalue weighted by atomic mass is 35.5. The van der Waals surface area contributed by atoms with E-state index in [1.807, 2.05) is 30.3 Å². The van der Waals surface area contributed by atoms with Crippen molar-refractivity contribution in [2.45, 2.75) is 19.4 Å². The van der Waals surface area contributed by atoms with Crippen molar-refractivity contribution in [1.29, 1.82) is 0 Å². The van der Waals surface area contributed by atoms with Crippen LogP contribution in [0.4, 0.5) is 0 Å². The predicted molar refractivity (Wildman–Crippen MR) is 79.1 cm³/mol. The van der Waals surface area contributed by atoms with Gasteiger partial charge in [0.1, 0.15) is 18.1 Å². The number of halogens is 1. The number of aromatic nitrogens is 1. The lowest BCUT2D eigenvalue weighted by molar-refractivity contribution is -0.118. The van der Waals surface area contributed by atoms with Crippen molar-refractivity contribution >= 4 is 17.4 Å². The molecule has 0 N–H and O–H groups in total. The first-order valence-electron chi connectivity index (χ1n) is 6.47. The van der Waals surface area contributed by atoms with Gasteiger partial charge in [-0.25, -0.2) is 0 Å². The van der Waals surface area contributed by atoms with Crippen LogP contribution >= 0.6 is 11.6 Å². The summed E-state index contributed by atoms with van der Waals surface area (Å²) in [5.41, 5.74) is 1.81. The van der Waals surface area contributed by atoms with E-state index in [9.17, 15) is 4.79 Å². The second-order valence-electron chi connectivity index (χ2n) is 4.41. The first-order valence-corrected chi connectivity index (χ1v) is 7.00. The second-order valence-corrected chi connectivity index (χ2v) is 4.79. The molecule has 0 aliphatic rings. The van der Waals surface area contributed by atoms with Gasteiger partial charge in [-0.1, -0.05) is 30.3 Å². The Balaban J connectivity index is 1.94. The summed E-state index contributed by atoms with van der Waals surface area (Å²) in [5.74, 6) is 1.16. The summed E-state index contributed by atoms with van der Waals surface area (Å²) in [4.78, 5) is 15.7. The molecular formula is C16H16ClNO2. The zero-order chi connectivity index (χ0) is 14.2. The standard InChI is InChI=1S/C16H16ClNO2/c17-8-6-15(19)10-14-11-16(7-9-18-14)20-12-13-4-2-1-3-5-13/h1-5,7,9,11H,6,8,10,12H2. The molecule has 0 aliphatic carbocycles. The van der Waals surface area contributed by atoms with Crippen LogP contribution in [0, 0.1) is 0 Å². The van der Waals surface area contributed by atoms with E-state index in [2.05, 4.69) is 4.98 Å². The third-order valence-electron chi connectivity index (χ3n) is 2.79. The average Bonchev–Trinajstić information content (AvgIpc) is 2.47. The van der Waals surface area contributed by atoms with Crippen LogP contribution in [-0.2, 0) is 17.8 Å². The summed E-state index contributed by atoms with van der Waals surface area (Å²) in [7, 11) is 0. The maximum Gasteiger partial charge on any atom is 0.140 e. The molecule has 1 aromatic carbocycles. The molecule has 0 saturated carbocycles. The topological polar surface area (TPSA) is 39.2 Å². The van der Waals surface area contributed by atoms with Gasteiger partial charge >= 0.3 is 0 Å². The Morgan fingerprint density at radius 2 is 2.00 bits per heavy atom. The van der Waals surface area contributed by atoms with Crippen LogP contribution in [-0.4, -0.2) is 16.6 Å². The molecule has 0 fully saturated rings. The average molecular weight is 290 g/mol. The predicted octanol–water partition coefficient (Wildman–Crippen LogP) is 3.40. The number of carbonyl (C=O) groups excluding carboxylic acids is 1. The Morgan fingerprint density at radius 1 is 1.20 bits per heavy atom. The first kappa shape index (κ1) is 14.5. The molecule has 0 unspecified atom stereocenters. The van der Waals surface area contributed by atoms with E-state index in [1.54, 1.807) is 18.3 Å². The first-order chi connectivity index (χ1) is 9.78. The highest BCUT2D eigenvalue weighted by Crippen LogP contribution is 2.14. The van der Waals surface area contributed by atoms with Crippen LogP contribution in [0.15, 0.2) is 48.7 Å². The third-order valence-corrected chi connectivity index (χ3v) is 2.98. The Bertz CT molecular complexity index is 557. The van der Waals surface area contributed by atoms with Crippen LogP contribution in [0.2, 0.25) is 0 Å². The van der Waals surface area contributed by atoms with Crippen molar-refractivity contribution < 1.29 is 9.53 Å². The van der Waals surface area contributed by atoms with Crippen LogP contribution in [0.3, 0.4) is 0 Å². The number of alkyl halides is 1. The summed E-state index contributed by atoms with van der Waals surface area (Å²) < 4.78 is 5.70. The molecular weight excluding hydrogens is 274 g/mol. The molecule has 4 heteroatoms. The molecule has 2 rings (SSSR count). The van der Waals surface area contributed by atoms with Gasteiger partial charge in [-0.15, -0.1) is 11.6 Å². The van der Waals surface area contributed by atoms with Crippen LogP contribution < -0.4 is 4.74 Å². The van der Waals surface area contributed by atoms with Crippen LogP contribution in [0.25, 0.3) is 0 Å². The van der Waals surface area contributed by atoms with E-state index >= 15 is 0 Å². The maximum absolute atomic E-state index is 11.5. The van der Waals surface area contributed by atoms with Gasteiger partial charge in [0.15, 0.2) is 0 Å². The van der Waals surface area contributed by atoms with Crippen molar-refractivity contribution in [2.75, 3.05) is 5.88 Å². The molecule has 0 atom stereocenters. The Morgan fingerprint density at radius 3 is 2.75 bits per heavy atom. The molecule has 1 aromatic heterocycles. The lowest BCUT2D eigenvalue weighted by Crippen LogP contribution is -2.05. The number of hydrogen-bond donors (Lipinski definition) is 0. The van der Waals surface area contributed by atoms with Crippen molar-refractivity contribution in [3.05, 3.63) is 59.9 Å². The van der Waals surface area contributed by atoms with E-state index in [0.717, 1.165) is 11.3 Å². The van der Waals surface area contributed by atoms with Crippen molar-refractivity contribution in [2.24, 2.45) is 0 Å². The fraction of sp³-hybridized carbons (Fsp3) is 0.250. The van der Waals surface area contributed by atoms with Gasteiger partial charge in [-0.05, 0) is 11.6 Å². The fourth-order valence-corrected chi connectivity index (χ4v) is 1.99. The second kappa shape index (κ2) is 7.65. The van der Waals surface area contributed by atoms with E-state index in [-0.39, 0.29) is 5.78 Å². The molecule has 0 bridgehead atoms. The quantitative estimate of drug-likeness (QED) is 0.733. The van der Waals surface area contributed by atoms with Gasteiger partial charge in [0, 0.05) is 31.0 Å². The maximum atomic E-state index is 11.5. The summed E-state index contributed by atoms with van der Waals surface area (Å²) >= 11 is 5.55. The molecule has 1 heterocycles. The molecule has 0 saturated heterocycles. The van der Waals surface area contributed by atoms with E-state index < -0.39 is 0 Å². The van der Waals surface area contributed by atoms with E-state index in [1.165, 1.54) is 0 Å². The van der Waals surface area contributed by atoms with Gasteiger partial charge in [-0.3, -0.25) is 9.78 Å². The molecule has 20 heavy (non-hydrogen) atoms. The summed E-state index contributed by atoms with van der Waals surface area (Å²) in [5, 5.41) is 0. The molecule has 3 nitrogen and oxygen atoms in total. The lowest BCUT2D eigenvalue weighted by atomic mass is 10.1. The third kappa shape index (κ3) is 4.67. The minimum atomic E-state index is 0.0905.